The normalized spacial score (nSPS) is 12.8. The second kappa shape index (κ2) is 14.6. The molecule has 64 heavy (non-hydrogen) atoms. The summed E-state index contributed by atoms with van der Waals surface area (Å²) in [5.74, 6) is 0. The number of fused-ring (bicyclic) bond motifs is 9. The summed E-state index contributed by atoms with van der Waals surface area (Å²) in [5, 5.41) is 5.07. The zero-order valence-corrected chi connectivity index (χ0v) is 35.7. The van der Waals surface area contributed by atoms with E-state index in [0.717, 1.165) is 11.4 Å². The molecule has 0 N–H and O–H groups in total. The number of para-hydroxylation sites is 2. The molecule has 12 aromatic rings. The van der Waals surface area contributed by atoms with Crippen LogP contribution in [0.3, 0.4) is 0 Å². The summed E-state index contributed by atoms with van der Waals surface area (Å²) in [5.41, 5.74) is 16.5. The highest BCUT2D eigenvalue weighted by atomic mass is 32.1. The van der Waals surface area contributed by atoms with Crippen LogP contribution in [0.2, 0.25) is 0 Å². The lowest BCUT2D eigenvalue weighted by molar-refractivity contribution is 0.768. The first-order valence-corrected chi connectivity index (χ1v) is 22.8. The van der Waals surface area contributed by atoms with Gasteiger partial charge in [-0.2, -0.15) is 0 Å². The predicted octanol–water partition coefficient (Wildman–Crippen LogP) is 16.7. The standard InChI is InChI=1S/C61H40N2S/c1-4-17-43(18-5-1)61(44-19-6-2-7-20-44)54-27-13-10-23-48(54)49-37-36-47(40-55(49)61)62(58-29-16-26-52-51-25-12-15-30-59(51)64-60(52)58)46-34-31-41(32-35-46)42-33-38-57-53(39-42)50-24-11-14-28-56(50)63(57)45-21-8-3-9-22-45/h1-40H. The van der Waals surface area contributed by atoms with E-state index >= 15 is 0 Å². The number of nitrogens with zero attached hydrogens (tertiary/aromatic N) is 2. The van der Waals surface area contributed by atoms with Crippen molar-refractivity contribution in [2.24, 2.45) is 0 Å². The minimum atomic E-state index is -0.508. The summed E-state index contributed by atoms with van der Waals surface area (Å²) in [6.07, 6.45) is 0. The lowest BCUT2D eigenvalue weighted by Crippen LogP contribution is -2.28. The summed E-state index contributed by atoms with van der Waals surface area (Å²) >= 11 is 1.87. The molecule has 0 bridgehead atoms. The molecule has 2 heterocycles. The molecular formula is C61H40N2S. The quantitative estimate of drug-likeness (QED) is 0.155. The molecule has 0 fully saturated rings. The number of benzene rings is 10. The maximum atomic E-state index is 2.49. The fraction of sp³-hybridized carbons (Fsp3) is 0.0164. The molecule has 10 aromatic carbocycles. The molecule has 1 aliphatic rings. The van der Waals surface area contributed by atoms with Gasteiger partial charge in [-0.25, -0.2) is 0 Å². The van der Waals surface area contributed by atoms with Gasteiger partial charge in [-0.15, -0.1) is 11.3 Å². The first-order valence-electron chi connectivity index (χ1n) is 22.0. The van der Waals surface area contributed by atoms with Gasteiger partial charge in [0, 0.05) is 43.3 Å². The third-order valence-electron chi connectivity index (χ3n) is 13.5. The Labute approximate surface area is 376 Å². The highest BCUT2D eigenvalue weighted by Crippen LogP contribution is 2.57. The third kappa shape index (κ3) is 5.44. The fourth-order valence-electron chi connectivity index (χ4n) is 10.7. The number of hydrogen-bond donors (Lipinski definition) is 0. The van der Waals surface area contributed by atoms with Crippen molar-refractivity contribution in [1.82, 2.24) is 4.57 Å². The molecule has 0 unspecified atom stereocenters. The van der Waals surface area contributed by atoms with E-state index in [1.807, 2.05) is 11.3 Å². The van der Waals surface area contributed by atoms with Gasteiger partial charge in [0.15, 0.2) is 0 Å². The van der Waals surface area contributed by atoms with Crippen LogP contribution in [0.5, 0.6) is 0 Å². The van der Waals surface area contributed by atoms with Crippen molar-refractivity contribution >= 4 is 70.4 Å². The maximum Gasteiger partial charge on any atom is 0.0714 e. The van der Waals surface area contributed by atoms with Crippen LogP contribution in [0.15, 0.2) is 243 Å². The van der Waals surface area contributed by atoms with Crippen LogP contribution < -0.4 is 4.90 Å². The highest BCUT2D eigenvalue weighted by molar-refractivity contribution is 7.26. The first-order chi connectivity index (χ1) is 31.8. The summed E-state index contributed by atoms with van der Waals surface area (Å²) in [6, 6.07) is 89.5. The van der Waals surface area contributed by atoms with Crippen LogP contribution in [-0.2, 0) is 5.41 Å². The van der Waals surface area contributed by atoms with Gasteiger partial charge in [0.25, 0.3) is 0 Å². The second-order valence-electron chi connectivity index (χ2n) is 16.8. The molecule has 0 saturated heterocycles. The Hall–Kier alpha value is -7.98. The van der Waals surface area contributed by atoms with Crippen molar-refractivity contribution in [3.8, 4) is 27.9 Å². The number of rotatable bonds is 7. The van der Waals surface area contributed by atoms with Crippen LogP contribution in [-0.4, -0.2) is 4.57 Å². The number of aromatic nitrogens is 1. The summed E-state index contributed by atoms with van der Waals surface area (Å²) in [6.45, 7) is 0. The van der Waals surface area contributed by atoms with Crippen molar-refractivity contribution in [3.63, 3.8) is 0 Å². The highest BCUT2D eigenvalue weighted by Gasteiger charge is 2.46. The fourth-order valence-corrected chi connectivity index (χ4v) is 11.9. The summed E-state index contributed by atoms with van der Waals surface area (Å²) in [4.78, 5) is 2.49. The van der Waals surface area contributed by atoms with E-state index in [-0.39, 0.29) is 0 Å². The lowest BCUT2D eigenvalue weighted by atomic mass is 9.67. The van der Waals surface area contributed by atoms with Crippen LogP contribution in [0, 0.1) is 0 Å². The van der Waals surface area contributed by atoms with Crippen molar-refractivity contribution in [1.29, 1.82) is 0 Å². The molecule has 2 nitrogen and oxygen atoms in total. The number of hydrogen-bond acceptors (Lipinski definition) is 2. The van der Waals surface area contributed by atoms with Crippen molar-refractivity contribution in [2.75, 3.05) is 4.90 Å². The molecule has 0 amide bonds. The van der Waals surface area contributed by atoms with Gasteiger partial charge in [-0.05, 0) is 111 Å². The van der Waals surface area contributed by atoms with E-state index in [1.165, 1.54) is 97.9 Å². The number of thiophene rings is 1. The van der Waals surface area contributed by atoms with E-state index in [9.17, 15) is 0 Å². The van der Waals surface area contributed by atoms with E-state index < -0.39 is 5.41 Å². The zero-order valence-electron chi connectivity index (χ0n) is 34.9. The second-order valence-corrected chi connectivity index (χ2v) is 17.9. The monoisotopic (exact) mass is 832 g/mol. The van der Waals surface area contributed by atoms with Gasteiger partial charge >= 0.3 is 0 Å². The molecule has 2 aromatic heterocycles. The predicted molar refractivity (Wildman–Crippen MR) is 271 cm³/mol. The molecular weight excluding hydrogens is 793 g/mol. The number of anilines is 3. The van der Waals surface area contributed by atoms with Crippen molar-refractivity contribution in [3.05, 3.63) is 265 Å². The van der Waals surface area contributed by atoms with Gasteiger partial charge in [-0.3, -0.25) is 0 Å². The van der Waals surface area contributed by atoms with E-state index in [4.69, 9.17) is 0 Å². The average molecular weight is 833 g/mol. The minimum Gasteiger partial charge on any atom is -0.309 e. The largest absolute Gasteiger partial charge is 0.309 e. The molecule has 0 radical (unpaired) electrons. The molecule has 0 aliphatic heterocycles. The minimum absolute atomic E-state index is 0.508. The molecule has 1 aliphatic carbocycles. The lowest BCUT2D eigenvalue weighted by Gasteiger charge is -2.35. The summed E-state index contributed by atoms with van der Waals surface area (Å²) in [7, 11) is 0. The topological polar surface area (TPSA) is 8.17 Å². The SMILES string of the molecule is c1ccc(-n2c3ccccc3c3cc(-c4ccc(N(c5ccc6c(c5)C(c5ccccc5)(c5ccccc5)c5ccccc5-6)c5cccc6c5sc5ccccc56)cc4)ccc32)cc1. The molecule has 300 valence electrons. The van der Waals surface area contributed by atoms with Gasteiger partial charge in [0.2, 0.25) is 0 Å². The van der Waals surface area contributed by atoms with Gasteiger partial charge in [0.1, 0.15) is 0 Å². The molecule has 13 rings (SSSR count). The molecule has 3 heteroatoms. The van der Waals surface area contributed by atoms with Crippen molar-refractivity contribution < 1.29 is 0 Å². The smallest absolute Gasteiger partial charge is 0.0714 e. The Morgan fingerprint density at radius 3 is 1.75 bits per heavy atom. The molecule has 0 saturated carbocycles. The Balaban J connectivity index is 1.01. The van der Waals surface area contributed by atoms with E-state index in [2.05, 4.69) is 252 Å². The van der Waals surface area contributed by atoms with Gasteiger partial charge in [0.05, 0.1) is 26.8 Å². The first kappa shape index (κ1) is 36.7. The van der Waals surface area contributed by atoms with Gasteiger partial charge < -0.3 is 9.47 Å². The zero-order chi connectivity index (χ0) is 42.2. The van der Waals surface area contributed by atoms with E-state index in [0.29, 0.717) is 0 Å². The van der Waals surface area contributed by atoms with Gasteiger partial charge in [-0.1, -0.05) is 176 Å². The van der Waals surface area contributed by atoms with Crippen LogP contribution in [0.1, 0.15) is 22.3 Å². The summed E-state index contributed by atoms with van der Waals surface area (Å²) < 4.78 is 4.94. The van der Waals surface area contributed by atoms with Crippen LogP contribution >= 0.6 is 11.3 Å². The van der Waals surface area contributed by atoms with Crippen LogP contribution in [0.25, 0.3) is 69.9 Å². The van der Waals surface area contributed by atoms with E-state index in [1.54, 1.807) is 0 Å². The third-order valence-corrected chi connectivity index (χ3v) is 14.7. The Bertz CT molecular complexity index is 3680. The molecule has 0 atom stereocenters. The Morgan fingerprint density at radius 2 is 0.969 bits per heavy atom. The average Bonchev–Trinajstić information content (AvgIpc) is 4.02. The molecule has 0 spiro atoms. The van der Waals surface area contributed by atoms with Crippen LogP contribution in [0.4, 0.5) is 17.1 Å². The Morgan fingerprint density at radius 1 is 0.375 bits per heavy atom. The van der Waals surface area contributed by atoms with Crippen molar-refractivity contribution in [2.45, 2.75) is 5.41 Å². The maximum absolute atomic E-state index is 2.49. The Kier molecular flexibility index (Phi) is 8.34.